The van der Waals surface area contributed by atoms with Crippen LogP contribution in [0.5, 0.6) is 0 Å². The first-order valence-electron chi connectivity index (χ1n) is 4.06. The fourth-order valence-electron chi connectivity index (χ4n) is 1.06. The van der Waals surface area contributed by atoms with Gasteiger partial charge in [0, 0.05) is 12.6 Å². The topological polar surface area (TPSA) is 64.1 Å². The van der Waals surface area contributed by atoms with Gasteiger partial charge >= 0.3 is 0 Å². The Labute approximate surface area is 72.0 Å². The smallest absolute Gasteiger partial charge is 0.122 e. The molecule has 0 radical (unpaired) electrons. The van der Waals surface area contributed by atoms with Crippen molar-refractivity contribution in [3.05, 3.63) is 11.8 Å². The van der Waals surface area contributed by atoms with Crippen molar-refractivity contribution in [1.82, 2.24) is 9.78 Å². The molecule has 0 aliphatic heterocycles. The Bertz CT molecular complexity index is 255. The molecular weight excluding hydrogens is 154 g/mol. The summed E-state index contributed by atoms with van der Waals surface area (Å²) in [4.78, 5) is 0. The maximum atomic E-state index is 8.78. The van der Waals surface area contributed by atoms with E-state index in [1.807, 2.05) is 0 Å². The summed E-state index contributed by atoms with van der Waals surface area (Å²) in [6.07, 6.45) is 0. The van der Waals surface area contributed by atoms with Gasteiger partial charge in [0.05, 0.1) is 12.3 Å². The van der Waals surface area contributed by atoms with Crippen LogP contribution in [0, 0.1) is 5.92 Å². The Kier molecular flexibility index (Phi) is 2.70. The summed E-state index contributed by atoms with van der Waals surface area (Å²) < 4.78 is 1.72. The van der Waals surface area contributed by atoms with Gasteiger partial charge in [-0.1, -0.05) is 13.8 Å². The van der Waals surface area contributed by atoms with Crippen LogP contribution < -0.4 is 5.73 Å². The molecule has 0 atom stereocenters. The molecule has 1 aromatic heterocycles. The van der Waals surface area contributed by atoms with Gasteiger partial charge in [-0.15, -0.1) is 0 Å². The third kappa shape index (κ3) is 1.98. The molecule has 3 N–H and O–H groups in total. The number of nitrogens with zero attached hydrogens (tertiary/aromatic N) is 2. The normalized spacial score (nSPS) is 11.0. The summed E-state index contributed by atoms with van der Waals surface area (Å²) in [6.45, 7) is 4.95. The molecular formula is C8H15N3O. The van der Waals surface area contributed by atoms with Crippen LogP contribution >= 0.6 is 0 Å². The molecule has 0 saturated carbocycles. The average molecular weight is 169 g/mol. The van der Waals surface area contributed by atoms with Gasteiger partial charge < -0.3 is 10.8 Å². The summed E-state index contributed by atoms with van der Waals surface area (Å²) in [5, 5.41) is 12.9. The summed E-state index contributed by atoms with van der Waals surface area (Å²) in [7, 11) is 0. The Balaban J connectivity index is 2.77. The molecule has 1 heterocycles. The van der Waals surface area contributed by atoms with E-state index in [0.29, 0.717) is 17.4 Å². The minimum atomic E-state index is -0.0463. The fraction of sp³-hybridized carbons (Fsp3) is 0.625. The highest BCUT2D eigenvalue weighted by molar-refractivity contribution is 5.30. The molecule has 0 bridgehead atoms. The van der Waals surface area contributed by atoms with Crippen molar-refractivity contribution < 1.29 is 5.11 Å². The van der Waals surface area contributed by atoms with Gasteiger partial charge in [0.15, 0.2) is 0 Å². The summed E-state index contributed by atoms with van der Waals surface area (Å²) in [5.41, 5.74) is 6.29. The zero-order valence-electron chi connectivity index (χ0n) is 7.49. The third-order valence-electron chi connectivity index (χ3n) is 1.56. The van der Waals surface area contributed by atoms with E-state index in [9.17, 15) is 0 Å². The van der Waals surface area contributed by atoms with E-state index in [1.54, 1.807) is 10.7 Å². The van der Waals surface area contributed by atoms with Crippen LogP contribution in [0.25, 0.3) is 0 Å². The maximum absolute atomic E-state index is 8.78. The number of nitrogens with two attached hydrogens (primary N) is 1. The van der Waals surface area contributed by atoms with Crippen molar-refractivity contribution in [2.75, 3.05) is 5.73 Å². The average Bonchev–Trinajstić information content (AvgIpc) is 2.31. The first-order chi connectivity index (χ1) is 5.63. The summed E-state index contributed by atoms with van der Waals surface area (Å²) >= 11 is 0. The lowest BCUT2D eigenvalue weighted by Crippen LogP contribution is -2.09. The Morgan fingerprint density at radius 2 is 2.33 bits per heavy atom. The van der Waals surface area contributed by atoms with Crippen LogP contribution in [0.15, 0.2) is 6.07 Å². The van der Waals surface area contributed by atoms with Gasteiger partial charge in [-0.3, -0.25) is 0 Å². The van der Waals surface area contributed by atoms with Gasteiger partial charge in [0.25, 0.3) is 0 Å². The number of hydrogen-bond donors (Lipinski definition) is 2. The van der Waals surface area contributed by atoms with Crippen LogP contribution in [-0.2, 0) is 13.2 Å². The molecule has 4 nitrogen and oxygen atoms in total. The van der Waals surface area contributed by atoms with Crippen LogP contribution in [0.1, 0.15) is 19.5 Å². The van der Waals surface area contributed by atoms with Crippen LogP contribution in [0.2, 0.25) is 0 Å². The predicted octanol–water partition coefficient (Wildman–Crippen LogP) is 0.614. The predicted molar refractivity (Wildman–Crippen MR) is 47.4 cm³/mol. The zero-order chi connectivity index (χ0) is 9.14. The summed E-state index contributed by atoms with van der Waals surface area (Å²) in [5.74, 6) is 1.13. The van der Waals surface area contributed by atoms with Crippen molar-refractivity contribution in [2.24, 2.45) is 5.92 Å². The van der Waals surface area contributed by atoms with Gasteiger partial charge in [-0.2, -0.15) is 5.10 Å². The maximum Gasteiger partial charge on any atom is 0.122 e. The van der Waals surface area contributed by atoms with Gasteiger partial charge in [-0.25, -0.2) is 4.68 Å². The molecule has 0 aliphatic rings. The van der Waals surface area contributed by atoms with Gasteiger partial charge in [0.1, 0.15) is 5.82 Å². The Morgan fingerprint density at radius 3 is 2.75 bits per heavy atom. The highest BCUT2D eigenvalue weighted by Gasteiger charge is 2.04. The molecule has 12 heavy (non-hydrogen) atoms. The number of aliphatic hydroxyl groups excluding tert-OH is 1. The van der Waals surface area contributed by atoms with E-state index in [4.69, 9.17) is 10.8 Å². The molecule has 1 rings (SSSR count). The highest BCUT2D eigenvalue weighted by atomic mass is 16.3. The van der Waals surface area contributed by atoms with E-state index < -0.39 is 0 Å². The first-order valence-corrected chi connectivity index (χ1v) is 4.06. The van der Waals surface area contributed by atoms with E-state index in [1.165, 1.54) is 0 Å². The van der Waals surface area contributed by atoms with Crippen LogP contribution in [0.4, 0.5) is 5.82 Å². The van der Waals surface area contributed by atoms with E-state index in [0.717, 1.165) is 6.54 Å². The number of nitrogen functional groups attached to an aromatic ring is 1. The zero-order valence-corrected chi connectivity index (χ0v) is 7.49. The Morgan fingerprint density at radius 1 is 1.67 bits per heavy atom. The number of hydrogen-bond acceptors (Lipinski definition) is 3. The second-order valence-electron chi connectivity index (χ2n) is 3.29. The van der Waals surface area contributed by atoms with Crippen LogP contribution in [-0.4, -0.2) is 14.9 Å². The molecule has 0 spiro atoms. The molecule has 1 aromatic rings. The van der Waals surface area contributed by atoms with E-state index in [2.05, 4.69) is 18.9 Å². The lowest BCUT2D eigenvalue weighted by atomic mass is 10.2. The monoisotopic (exact) mass is 169 g/mol. The van der Waals surface area contributed by atoms with Crippen molar-refractivity contribution in [3.8, 4) is 0 Å². The number of aromatic nitrogens is 2. The van der Waals surface area contributed by atoms with Crippen molar-refractivity contribution >= 4 is 5.82 Å². The SMILES string of the molecule is CC(C)Cn1nc(CO)cc1N. The number of anilines is 1. The molecule has 0 amide bonds. The van der Waals surface area contributed by atoms with Crippen molar-refractivity contribution in [2.45, 2.75) is 27.0 Å². The fourth-order valence-corrected chi connectivity index (χ4v) is 1.06. The molecule has 0 fully saturated rings. The van der Waals surface area contributed by atoms with Crippen molar-refractivity contribution in [3.63, 3.8) is 0 Å². The molecule has 0 aromatic carbocycles. The number of rotatable bonds is 3. The molecule has 0 saturated heterocycles. The quantitative estimate of drug-likeness (QED) is 0.697. The minimum absolute atomic E-state index is 0.0463. The largest absolute Gasteiger partial charge is 0.390 e. The molecule has 0 unspecified atom stereocenters. The number of aliphatic hydroxyl groups is 1. The second-order valence-corrected chi connectivity index (χ2v) is 3.29. The highest BCUT2D eigenvalue weighted by Crippen LogP contribution is 2.08. The molecule has 68 valence electrons. The van der Waals surface area contributed by atoms with Crippen LogP contribution in [0.3, 0.4) is 0 Å². The molecule has 4 heteroatoms. The van der Waals surface area contributed by atoms with Gasteiger partial charge in [0.2, 0.25) is 0 Å². The second kappa shape index (κ2) is 3.58. The molecule has 0 aliphatic carbocycles. The third-order valence-corrected chi connectivity index (χ3v) is 1.56. The van der Waals surface area contributed by atoms with E-state index >= 15 is 0 Å². The lowest BCUT2D eigenvalue weighted by Gasteiger charge is -2.05. The minimum Gasteiger partial charge on any atom is -0.390 e. The van der Waals surface area contributed by atoms with Gasteiger partial charge in [-0.05, 0) is 5.92 Å². The van der Waals surface area contributed by atoms with Crippen molar-refractivity contribution in [1.29, 1.82) is 0 Å². The summed E-state index contributed by atoms with van der Waals surface area (Å²) in [6, 6.07) is 1.70. The van der Waals surface area contributed by atoms with E-state index in [-0.39, 0.29) is 6.61 Å². The Hall–Kier alpha value is -1.03. The first kappa shape index (κ1) is 9.06. The lowest BCUT2D eigenvalue weighted by molar-refractivity contribution is 0.274. The standard InChI is InChI=1S/C8H15N3O/c1-6(2)4-11-8(9)3-7(5-12)10-11/h3,6,12H,4-5,9H2,1-2H3.